The molecule has 0 aliphatic carbocycles. The van der Waals surface area contributed by atoms with Crippen LogP contribution in [0.25, 0.3) is 0 Å². The van der Waals surface area contributed by atoms with E-state index < -0.39 is 0 Å². The molecule has 1 aromatic carbocycles. The summed E-state index contributed by atoms with van der Waals surface area (Å²) in [7, 11) is 0. The fraction of sp³-hybridized carbons (Fsp3) is 0.562. The van der Waals surface area contributed by atoms with Gasteiger partial charge in [0.25, 0.3) is 0 Å². The molecule has 1 aromatic rings. The maximum absolute atomic E-state index is 12.4. The van der Waals surface area contributed by atoms with E-state index in [9.17, 15) is 4.79 Å². The molecular formula is C16H23BrN2O. The minimum Gasteiger partial charge on any atom is -0.329 e. The first-order valence-corrected chi connectivity index (χ1v) is 7.85. The van der Waals surface area contributed by atoms with Gasteiger partial charge in [0, 0.05) is 22.5 Å². The number of carbonyl (C=O) groups excluding carboxylic acids is 1. The number of halogens is 1. The van der Waals surface area contributed by atoms with Crippen LogP contribution in [0.15, 0.2) is 22.7 Å². The number of aryl methyl sites for hydroxylation is 1. The molecule has 2 N–H and O–H groups in total. The van der Waals surface area contributed by atoms with Gasteiger partial charge in [-0.2, -0.15) is 0 Å². The number of amides is 1. The molecule has 0 saturated carbocycles. The van der Waals surface area contributed by atoms with Crippen LogP contribution >= 0.6 is 15.9 Å². The Morgan fingerprint density at radius 1 is 1.35 bits per heavy atom. The molecule has 1 saturated heterocycles. The smallest absolute Gasteiger partial charge is 0.223 e. The molecule has 1 amide bonds. The van der Waals surface area contributed by atoms with Crippen molar-refractivity contribution < 1.29 is 4.79 Å². The number of carbonyl (C=O) groups is 1. The molecular weight excluding hydrogens is 316 g/mol. The second-order valence-corrected chi connectivity index (χ2v) is 7.44. The van der Waals surface area contributed by atoms with Gasteiger partial charge < -0.3 is 10.6 Å². The van der Waals surface area contributed by atoms with E-state index in [1.807, 2.05) is 4.90 Å². The second-order valence-electron chi connectivity index (χ2n) is 6.59. The predicted octanol–water partition coefficient (Wildman–Crippen LogP) is 3.55. The Morgan fingerprint density at radius 2 is 2.00 bits per heavy atom. The Bertz CT molecular complexity index is 522. The molecule has 1 aliphatic rings. The zero-order chi connectivity index (χ0) is 15.1. The first-order chi connectivity index (χ1) is 9.21. The Kier molecular flexibility index (Phi) is 4.26. The van der Waals surface area contributed by atoms with E-state index in [1.54, 1.807) is 0 Å². The molecule has 2 unspecified atom stereocenters. The monoisotopic (exact) mass is 338 g/mol. The third-order valence-corrected chi connectivity index (χ3v) is 4.76. The first kappa shape index (κ1) is 15.5. The van der Waals surface area contributed by atoms with Gasteiger partial charge in [-0.25, -0.2) is 0 Å². The normalized spacial score (nSPS) is 24.1. The van der Waals surface area contributed by atoms with E-state index >= 15 is 0 Å². The van der Waals surface area contributed by atoms with E-state index in [2.05, 4.69) is 61.8 Å². The topological polar surface area (TPSA) is 46.3 Å². The van der Waals surface area contributed by atoms with Crippen LogP contribution in [-0.2, 0) is 4.79 Å². The average molecular weight is 339 g/mol. The van der Waals surface area contributed by atoms with Crippen LogP contribution in [0.3, 0.4) is 0 Å². The molecule has 110 valence electrons. The zero-order valence-electron chi connectivity index (χ0n) is 12.6. The van der Waals surface area contributed by atoms with Gasteiger partial charge in [0.2, 0.25) is 5.91 Å². The maximum Gasteiger partial charge on any atom is 0.223 e. The highest BCUT2D eigenvalue weighted by Crippen LogP contribution is 2.37. The molecule has 2 rings (SSSR count). The number of nitrogens with two attached hydrogens (primary N) is 1. The second kappa shape index (κ2) is 5.49. The Balaban J connectivity index is 2.47. The van der Waals surface area contributed by atoms with Crippen LogP contribution in [0.4, 0.5) is 0 Å². The fourth-order valence-electron chi connectivity index (χ4n) is 2.90. The van der Waals surface area contributed by atoms with Crippen LogP contribution in [0, 0.1) is 6.92 Å². The number of piperidine rings is 1. The molecule has 0 spiro atoms. The van der Waals surface area contributed by atoms with Crippen molar-refractivity contribution in [1.29, 1.82) is 0 Å². The highest BCUT2D eigenvalue weighted by atomic mass is 79.9. The third-order valence-electron chi connectivity index (χ3n) is 3.90. The molecule has 0 aromatic heterocycles. The largest absolute Gasteiger partial charge is 0.329 e. The third kappa shape index (κ3) is 2.91. The maximum atomic E-state index is 12.4. The molecule has 20 heavy (non-hydrogen) atoms. The quantitative estimate of drug-likeness (QED) is 0.851. The Morgan fingerprint density at radius 3 is 2.55 bits per heavy atom. The highest BCUT2D eigenvalue weighted by molar-refractivity contribution is 9.10. The van der Waals surface area contributed by atoms with E-state index in [1.165, 1.54) is 5.56 Å². The van der Waals surface area contributed by atoms with Crippen molar-refractivity contribution in [2.45, 2.75) is 58.2 Å². The van der Waals surface area contributed by atoms with E-state index in [0.717, 1.165) is 16.5 Å². The van der Waals surface area contributed by atoms with Gasteiger partial charge in [0.1, 0.15) is 0 Å². The number of likely N-dealkylation sites (tertiary alicyclic amines) is 1. The van der Waals surface area contributed by atoms with Gasteiger partial charge in [0.15, 0.2) is 0 Å². The van der Waals surface area contributed by atoms with Gasteiger partial charge >= 0.3 is 0 Å². The predicted molar refractivity (Wildman–Crippen MR) is 85.4 cm³/mol. The zero-order valence-corrected chi connectivity index (χ0v) is 14.2. The van der Waals surface area contributed by atoms with Crippen molar-refractivity contribution in [3.8, 4) is 0 Å². The summed E-state index contributed by atoms with van der Waals surface area (Å²) in [4.78, 5) is 14.3. The Labute approximate surface area is 129 Å². The van der Waals surface area contributed by atoms with Gasteiger partial charge in [0.05, 0.1) is 6.04 Å². The molecule has 4 heteroatoms. The molecule has 1 aliphatic heterocycles. The van der Waals surface area contributed by atoms with Crippen LogP contribution < -0.4 is 5.73 Å². The molecule has 3 nitrogen and oxygen atoms in total. The molecule has 0 bridgehead atoms. The van der Waals surface area contributed by atoms with Crippen LogP contribution in [-0.4, -0.2) is 22.4 Å². The SMILES string of the molecule is Cc1ccc(C2C(N)CCC(=O)N2C(C)(C)C)cc1Br. The number of nitrogens with zero attached hydrogens (tertiary/aromatic N) is 1. The van der Waals surface area contributed by atoms with Crippen LogP contribution in [0.1, 0.15) is 50.8 Å². The summed E-state index contributed by atoms with van der Waals surface area (Å²) < 4.78 is 1.06. The summed E-state index contributed by atoms with van der Waals surface area (Å²) in [6.45, 7) is 8.26. The van der Waals surface area contributed by atoms with Gasteiger partial charge in [-0.1, -0.05) is 28.1 Å². The van der Waals surface area contributed by atoms with E-state index in [0.29, 0.717) is 6.42 Å². The average Bonchev–Trinajstić information content (AvgIpc) is 2.34. The fourth-order valence-corrected chi connectivity index (χ4v) is 3.29. The number of hydrogen-bond acceptors (Lipinski definition) is 2. The van der Waals surface area contributed by atoms with Crippen molar-refractivity contribution in [1.82, 2.24) is 4.90 Å². The lowest BCUT2D eigenvalue weighted by molar-refractivity contribution is -0.144. The standard InChI is InChI=1S/C16H23BrN2O/c1-10-5-6-11(9-12(10)17)15-13(18)7-8-14(20)19(15)16(2,3)4/h5-6,9,13,15H,7-8,18H2,1-4H3. The summed E-state index contributed by atoms with van der Waals surface area (Å²) in [5.41, 5.74) is 8.41. The number of rotatable bonds is 1. The van der Waals surface area contributed by atoms with Gasteiger partial charge in [-0.3, -0.25) is 4.79 Å². The van der Waals surface area contributed by atoms with Crippen molar-refractivity contribution in [2.75, 3.05) is 0 Å². The van der Waals surface area contributed by atoms with Crippen molar-refractivity contribution in [2.24, 2.45) is 5.73 Å². The van der Waals surface area contributed by atoms with E-state index in [-0.39, 0.29) is 23.5 Å². The molecule has 2 atom stereocenters. The lowest BCUT2D eigenvalue weighted by Crippen LogP contribution is -2.56. The summed E-state index contributed by atoms with van der Waals surface area (Å²) >= 11 is 3.57. The van der Waals surface area contributed by atoms with E-state index in [4.69, 9.17) is 5.73 Å². The van der Waals surface area contributed by atoms with Crippen molar-refractivity contribution >= 4 is 21.8 Å². The number of hydrogen-bond donors (Lipinski definition) is 1. The molecule has 0 radical (unpaired) electrons. The van der Waals surface area contributed by atoms with Gasteiger partial charge in [-0.15, -0.1) is 0 Å². The minimum atomic E-state index is -0.225. The lowest BCUT2D eigenvalue weighted by atomic mass is 9.86. The van der Waals surface area contributed by atoms with Crippen LogP contribution in [0.5, 0.6) is 0 Å². The lowest BCUT2D eigenvalue weighted by Gasteiger charge is -2.47. The highest BCUT2D eigenvalue weighted by Gasteiger charge is 2.40. The van der Waals surface area contributed by atoms with Crippen LogP contribution in [0.2, 0.25) is 0 Å². The summed E-state index contributed by atoms with van der Waals surface area (Å²) in [6, 6.07) is 6.19. The number of benzene rings is 1. The van der Waals surface area contributed by atoms with Crippen molar-refractivity contribution in [3.05, 3.63) is 33.8 Å². The first-order valence-electron chi connectivity index (χ1n) is 7.05. The van der Waals surface area contributed by atoms with Gasteiger partial charge in [-0.05, 0) is 51.3 Å². The summed E-state index contributed by atoms with van der Waals surface area (Å²) in [6.07, 6.45) is 1.30. The Hall–Kier alpha value is -0.870. The minimum absolute atomic E-state index is 0.0125. The molecule has 1 heterocycles. The summed E-state index contributed by atoms with van der Waals surface area (Å²) in [5.74, 6) is 0.195. The van der Waals surface area contributed by atoms with Crippen molar-refractivity contribution in [3.63, 3.8) is 0 Å². The summed E-state index contributed by atoms with van der Waals surface area (Å²) in [5, 5.41) is 0. The molecule has 1 fully saturated rings.